The van der Waals surface area contributed by atoms with Crippen molar-refractivity contribution in [3.8, 4) is 11.5 Å². The Bertz CT molecular complexity index is 537. The quantitative estimate of drug-likeness (QED) is 0.642. The van der Waals surface area contributed by atoms with Gasteiger partial charge in [0.25, 0.3) is 0 Å². The summed E-state index contributed by atoms with van der Waals surface area (Å²) in [6.45, 7) is 5.03. The van der Waals surface area contributed by atoms with Gasteiger partial charge in [0.05, 0.1) is 14.2 Å². The highest BCUT2D eigenvalue weighted by atomic mass is 16.5. The van der Waals surface area contributed by atoms with Crippen molar-refractivity contribution in [1.82, 2.24) is 4.90 Å². The maximum atomic E-state index is 6.18. The minimum Gasteiger partial charge on any atom is -0.493 e. The Morgan fingerprint density at radius 2 is 1.79 bits per heavy atom. The molecule has 0 spiro atoms. The standard InChI is InChI=1S/C19H31N3O2/c1-15(12-16-8-9-17(23-2)18(13-16)24-3)14-21-19(20)22-10-6-4-5-7-11-22/h8-9,13,15H,4-7,10-12,14H2,1-3H3,(H2,20,21). The van der Waals surface area contributed by atoms with Gasteiger partial charge in [-0.25, -0.2) is 0 Å². The average Bonchev–Trinajstić information content (AvgIpc) is 2.89. The van der Waals surface area contributed by atoms with Crippen LogP contribution >= 0.6 is 0 Å². The molecule has 1 aromatic carbocycles. The van der Waals surface area contributed by atoms with Crippen molar-refractivity contribution >= 4 is 5.96 Å². The number of nitrogens with two attached hydrogens (primary N) is 1. The lowest BCUT2D eigenvalue weighted by Crippen LogP contribution is -2.38. The first kappa shape index (κ1) is 18.4. The van der Waals surface area contributed by atoms with Gasteiger partial charge < -0.3 is 20.1 Å². The van der Waals surface area contributed by atoms with Crippen LogP contribution in [0.3, 0.4) is 0 Å². The van der Waals surface area contributed by atoms with E-state index in [9.17, 15) is 0 Å². The number of rotatable bonds is 6. The maximum Gasteiger partial charge on any atom is 0.191 e. The SMILES string of the molecule is COc1ccc(CC(C)CN=C(N)N2CCCCCC2)cc1OC. The zero-order valence-corrected chi connectivity index (χ0v) is 15.3. The largest absolute Gasteiger partial charge is 0.493 e. The summed E-state index contributed by atoms with van der Waals surface area (Å²) < 4.78 is 10.7. The fourth-order valence-corrected chi connectivity index (χ4v) is 3.12. The summed E-state index contributed by atoms with van der Waals surface area (Å²) in [6.07, 6.45) is 5.99. The third-order valence-electron chi connectivity index (χ3n) is 4.53. The molecule has 5 heteroatoms. The molecule has 24 heavy (non-hydrogen) atoms. The van der Waals surface area contributed by atoms with E-state index < -0.39 is 0 Å². The van der Waals surface area contributed by atoms with Crippen LogP contribution in [-0.4, -0.2) is 44.7 Å². The smallest absolute Gasteiger partial charge is 0.191 e. The Hall–Kier alpha value is -1.91. The molecule has 1 atom stereocenters. The maximum absolute atomic E-state index is 6.18. The Labute approximate surface area is 145 Å². The first-order valence-corrected chi connectivity index (χ1v) is 8.89. The first-order valence-electron chi connectivity index (χ1n) is 8.89. The lowest BCUT2D eigenvalue weighted by atomic mass is 10.0. The van der Waals surface area contributed by atoms with Crippen molar-refractivity contribution in [2.75, 3.05) is 33.9 Å². The lowest BCUT2D eigenvalue weighted by molar-refractivity contribution is 0.354. The minimum atomic E-state index is 0.425. The molecule has 1 heterocycles. The molecule has 1 aromatic rings. The monoisotopic (exact) mass is 333 g/mol. The van der Waals surface area contributed by atoms with Crippen LogP contribution in [0.1, 0.15) is 38.2 Å². The van der Waals surface area contributed by atoms with Crippen molar-refractivity contribution in [2.24, 2.45) is 16.6 Å². The number of guanidine groups is 1. The molecule has 0 saturated carbocycles. The molecule has 0 aliphatic carbocycles. The predicted octanol–water partition coefficient (Wildman–Crippen LogP) is 3.07. The summed E-state index contributed by atoms with van der Waals surface area (Å²) in [5.74, 6) is 2.66. The van der Waals surface area contributed by atoms with E-state index in [0.29, 0.717) is 11.9 Å². The summed E-state index contributed by atoms with van der Waals surface area (Å²) in [6, 6.07) is 6.08. The number of hydrogen-bond donors (Lipinski definition) is 1. The van der Waals surface area contributed by atoms with E-state index in [1.165, 1.54) is 31.2 Å². The van der Waals surface area contributed by atoms with Crippen LogP contribution in [0, 0.1) is 5.92 Å². The number of nitrogens with zero attached hydrogens (tertiary/aromatic N) is 2. The molecule has 2 N–H and O–H groups in total. The first-order chi connectivity index (χ1) is 11.6. The number of ether oxygens (including phenoxy) is 2. The van der Waals surface area contributed by atoms with Gasteiger partial charge in [0.1, 0.15) is 0 Å². The minimum absolute atomic E-state index is 0.425. The number of methoxy groups -OCH3 is 2. The molecule has 1 aliphatic rings. The molecule has 0 radical (unpaired) electrons. The van der Waals surface area contributed by atoms with Crippen molar-refractivity contribution in [3.63, 3.8) is 0 Å². The highest BCUT2D eigenvalue weighted by Gasteiger charge is 2.12. The zero-order valence-electron chi connectivity index (χ0n) is 15.3. The normalized spacial score (nSPS) is 17.3. The van der Waals surface area contributed by atoms with Gasteiger partial charge in [-0.2, -0.15) is 0 Å². The second-order valence-electron chi connectivity index (χ2n) is 6.60. The van der Waals surface area contributed by atoms with Gasteiger partial charge in [-0.05, 0) is 42.9 Å². The van der Waals surface area contributed by atoms with Gasteiger partial charge in [-0.15, -0.1) is 0 Å². The van der Waals surface area contributed by atoms with Crippen LogP contribution in [-0.2, 0) is 6.42 Å². The topological polar surface area (TPSA) is 60.1 Å². The van der Waals surface area contributed by atoms with Crippen LogP contribution in [0.25, 0.3) is 0 Å². The van der Waals surface area contributed by atoms with E-state index in [1.54, 1.807) is 14.2 Å². The number of hydrogen-bond acceptors (Lipinski definition) is 3. The molecule has 2 rings (SSSR count). The zero-order chi connectivity index (χ0) is 17.4. The number of aliphatic imine (C=N–C) groups is 1. The second kappa shape index (κ2) is 9.40. The van der Waals surface area contributed by atoms with Gasteiger partial charge in [0.2, 0.25) is 0 Å². The Morgan fingerprint density at radius 3 is 2.42 bits per heavy atom. The van der Waals surface area contributed by atoms with Gasteiger partial charge in [-0.3, -0.25) is 4.99 Å². The van der Waals surface area contributed by atoms with Crippen molar-refractivity contribution in [3.05, 3.63) is 23.8 Å². The molecule has 1 unspecified atom stereocenters. The summed E-state index contributed by atoms with van der Waals surface area (Å²) in [4.78, 5) is 6.86. The Balaban J connectivity index is 1.90. The van der Waals surface area contributed by atoms with Crippen LogP contribution in [0.2, 0.25) is 0 Å². The van der Waals surface area contributed by atoms with E-state index >= 15 is 0 Å². The molecular formula is C19H31N3O2. The molecule has 134 valence electrons. The van der Waals surface area contributed by atoms with Crippen LogP contribution in [0.4, 0.5) is 0 Å². The molecule has 5 nitrogen and oxygen atoms in total. The fourth-order valence-electron chi connectivity index (χ4n) is 3.12. The third-order valence-corrected chi connectivity index (χ3v) is 4.53. The predicted molar refractivity (Wildman–Crippen MR) is 98.9 cm³/mol. The second-order valence-corrected chi connectivity index (χ2v) is 6.60. The van der Waals surface area contributed by atoms with Gasteiger partial charge in [0.15, 0.2) is 17.5 Å². The van der Waals surface area contributed by atoms with E-state index in [4.69, 9.17) is 15.2 Å². The van der Waals surface area contributed by atoms with Gasteiger partial charge >= 0.3 is 0 Å². The van der Waals surface area contributed by atoms with E-state index in [2.05, 4.69) is 22.9 Å². The van der Waals surface area contributed by atoms with Crippen molar-refractivity contribution in [1.29, 1.82) is 0 Å². The molecule has 0 bridgehead atoms. The summed E-state index contributed by atoms with van der Waals surface area (Å²) in [7, 11) is 3.32. The summed E-state index contributed by atoms with van der Waals surface area (Å²) in [5.41, 5.74) is 7.41. The number of likely N-dealkylation sites (tertiary alicyclic amines) is 1. The summed E-state index contributed by atoms with van der Waals surface area (Å²) in [5, 5.41) is 0. The molecule has 0 aromatic heterocycles. The van der Waals surface area contributed by atoms with Crippen molar-refractivity contribution < 1.29 is 9.47 Å². The lowest BCUT2D eigenvalue weighted by Gasteiger charge is -2.21. The van der Waals surface area contributed by atoms with Crippen LogP contribution in [0.15, 0.2) is 23.2 Å². The highest BCUT2D eigenvalue weighted by Crippen LogP contribution is 2.28. The van der Waals surface area contributed by atoms with E-state index in [0.717, 1.165) is 37.6 Å². The van der Waals surface area contributed by atoms with Crippen LogP contribution in [0.5, 0.6) is 11.5 Å². The number of benzene rings is 1. The molecule has 1 saturated heterocycles. The molecule has 1 aliphatic heterocycles. The molecular weight excluding hydrogens is 302 g/mol. The molecule has 1 fully saturated rings. The molecule has 0 amide bonds. The Kier molecular flexibility index (Phi) is 7.22. The summed E-state index contributed by atoms with van der Waals surface area (Å²) >= 11 is 0. The van der Waals surface area contributed by atoms with Crippen LogP contribution < -0.4 is 15.2 Å². The van der Waals surface area contributed by atoms with Crippen molar-refractivity contribution in [2.45, 2.75) is 39.0 Å². The fraction of sp³-hybridized carbons (Fsp3) is 0.632. The van der Waals surface area contributed by atoms with Gasteiger partial charge in [0, 0.05) is 19.6 Å². The third kappa shape index (κ3) is 5.32. The Morgan fingerprint density at radius 1 is 1.12 bits per heavy atom. The van der Waals surface area contributed by atoms with E-state index in [-0.39, 0.29) is 0 Å². The highest BCUT2D eigenvalue weighted by molar-refractivity contribution is 5.78. The van der Waals surface area contributed by atoms with Gasteiger partial charge in [-0.1, -0.05) is 25.8 Å². The average molecular weight is 333 g/mol. The van der Waals surface area contributed by atoms with E-state index in [1.807, 2.05) is 12.1 Å².